The average molecular weight is 361 g/mol. The Morgan fingerprint density at radius 1 is 1.35 bits per heavy atom. The first-order valence-corrected chi connectivity index (χ1v) is 9.06. The van der Waals surface area contributed by atoms with Crippen LogP contribution in [0, 0.1) is 5.41 Å². The molecule has 0 aromatic rings. The van der Waals surface area contributed by atoms with Gasteiger partial charge < -0.3 is 15.2 Å². The van der Waals surface area contributed by atoms with E-state index in [1.807, 2.05) is 13.8 Å². The molecule has 0 spiro atoms. The number of nitrogens with zero attached hydrogens (tertiary/aromatic N) is 2. The normalized spacial score (nSPS) is 21.3. The van der Waals surface area contributed by atoms with E-state index < -0.39 is 23.2 Å². The number of carbonyl (C=O) groups excluding carboxylic acids is 1. The Balaban J connectivity index is 1.97. The lowest BCUT2D eigenvalue weighted by atomic mass is 9.78. The number of piperazine rings is 1. The zero-order valence-corrected chi connectivity index (χ0v) is 15.9. The largest absolute Gasteiger partial charge is 0.442 e. The molecule has 26 heavy (non-hydrogen) atoms. The zero-order chi connectivity index (χ0) is 19.2. The van der Waals surface area contributed by atoms with Gasteiger partial charge in [-0.25, -0.2) is 4.79 Å². The molecule has 2 aliphatic heterocycles. The van der Waals surface area contributed by atoms with Crippen LogP contribution in [-0.4, -0.2) is 65.4 Å². The maximum absolute atomic E-state index is 12.5. The number of allylic oxidation sites excluding steroid dienone is 1. The van der Waals surface area contributed by atoms with Crippen molar-refractivity contribution >= 4 is 6.09 Å². The van der Waals surface area contributed by atoms with Crippen LogP contribution >= 0.6 is 0 Å². The molecule has 1 fully saturated rings. The molecule has 6 nitrogen and oxygen atoms in total. The Morgan fingerprint density at radius 2 is 1.96 bits per heavy atom. The third kappa shape index (κ3) is 5.06. The quantitative estimate of drug-likeness (QED) is 0.681. The van der Waals surface area contributed by atoms with E-state index in [9.17, 15) is 9.90 Å². The maximum atomic E-state index is 12.5. The van der Waals surface area contributed by atoms with Gasteiger partial charge in [0.15, 0.2) is 0 Å². The zero-order valence-electron chi connectivity index (χ0n) is 15.9. The molecular weight excluding hydrogens is 330 g/mol. The Kier molecular flexibility index (Phi) is 6.81. The first-order chi connectivity index (χ1) is 12.3. The minimum atomic E-state index is -0.754. The van der Waals surface area contributed by atoms with Crippen LogP contribution in [0.2, 0.25) is 0 Å². The first kappa shape index (κ1) is 20.4. The predicted octanol–water partition coefficient (Wildman–Crippen LogP) is 2.26. The molecule has 2 N–H and O–H groups in total. The summed E-state index contributed by atoms with van der Waals surface area (Å²) in [6, 6.07) is 0. The van der Waals surface area contributed by atoms with Crippen molar-refractivity contribution in [3.05, 3.63) is 49.9 Å². The minimum Gasteiger partial charge on any atom is -0.442 e. The molecule has 0 aromatic heterocycles. The van der Waals surface area contributed by atoms with Gasteiger partial charge >= 0.3 is 6.09 Å². The molecule has 2 aliphatic rings. The fourth-order valence-corrected chi connectivity index (χ4v) is 3.32. The molecule has 1 amide bonds. The smallest absolute Gasteiger partial charge is 0.418 e. The standard InChI is InChI=1S/C20H31N3O3/c1-5-7-20(17(24)6-2)8-12-23(13-9-20)18(25)26-19(3,4)16-22-14-10-21-11-15-22/h5-6,8-9,12-13,17,21,24H,1-2,7,10-11,14-16H2,3-4H3. The Morgan fingerprint density at radius 3 is 2.50 bits per heavy atom. The first-order valence-electron chi connectivity index (χ1n) is 9.06. The summed E-state index contributed by atoms with van der Waals surface area (Å²) in [6.45, 7) is 15.8. The van der Waals surface area contributed by atoms with Gasteiger partial charge in [-0.2, -0.15) is 0 Å². The molecule has 2 heterocycles. The van der Waals surface area contributed by atoms with Crippen LogP contribution in [0.4, 0.5) is 4.79 Å². The molecule has 0 radical (unpaired) electrons. The lowest BCUT2D eigenvalue weighted by Crippen LogP contribution is -2.50. The van der Waals surface area contributed by atoms with Crippen molar-refractivity contribution in [3.63, 3.8) is 0 Å². The molecule has 2 rings (SSSR count). The van der Waals surface area contributed by atoms with Crippen LogP contribution in [0.3, 0.4) is 0 Å². The number of rotatable bonds is 7. The summed E-state index contributed by atoms with van der Waals surface area (Å²) < 4.78 is 5.71. The highest BCUT2D eigenvalue weighted by molar-refractivity contribution is 5.71. The number of aliphatic hydroxyl groups excluding tert-OH is 1. The number of nitrogens with one attached hydrogen (secondary N) is 1. The number of hydrogen-bond donors (Lipinski definition) is 2. The van der Waals surface area contributed by atoms with Crippen molar-refractivity contribution in [1.29, 1.82) is 0 Å². The molecule has 0 aliphatic carbocycles. The van der Waals surface area contributed by atoms with E-state index in [0.717, 1.165) is 26.2 Å². The number of amides is 1. The molecule has 6 heteroatoms. The van der Waals surface area contributed by atoms with Crippen LogP contribution in [0.25, 0.3) is 0 Å². The van der Waals surface area contributed by atoms with Gasteiger partial charge in [0.05, 0.1) is 6.10 Å². The van der Waals surface area contributed by atoms with E-state index >= 15 is 0 Å². The summed E-state index contributed by atoms with van der Waals surface area (Å²) in [7, 11) is 0. The Labute approximate surface area is 156 Å². The summed E-state index contributed by atoms with van der Waals surface area (Å²) in [5, 5.41) is 13.6. The monoisotopic (exact) mass is 361 g/mol. The number of ether oxygens (including phenoxy) is 1. The molecule has 0 aromatic carbocycles. The van der Waals surface area contributed by atoms with Gasteiger partial charge in [-0.05, 0) is 20.3 Å². The number of hydrogen-bond acceptors (Lipinski definition) is 5. The molecule has 0 saturated carbocycles. The fourth-order valence-electron chi connectivity index (χ4n) is 3.32. The average Bonchev–Trinajstić information content (AvgIpc) is 2.61. The van der Waals surface area contributed by atoms with E-state index in [1.165, 1.54) is 11.0 Å². The van der Waals surface area contributed by atoms with Crippen molar-refractivity contribution in [2.45, 2.75) is 32.0 Å². The van der Waals surface area contributed by atoms with Crippen LogP contribution in [0.5, 0.6) is 0 Å². The molecule has 1 atom stereocenters. The van der Waals surface area contributed by atoms with Gasteiger partial charge in [0.2, 0.25) is 0 Å². The van der Waals surface area contributed by atoms with E-state index in [1.54, 1.807) is 30.6 Å². The summed E-state index contributed by atoms with van der Waals surface area (Å²) in [4.78, 5) is 16.2. The highest BCUT2D eigenvalue weighted by Crippen LogP contribution is 2.34. The van der Waals surface area contributed by atoms with Crippen LogP contribution in [0.15, 0.2) is 49.9 Å². The number of aliphatic hydroxyl groups is 1. The summed E-state index contributed by atoms with van der Waals surface area (Å²) >= 11 is 0. The van der Waals surface area contributed by atoms with Crippen LogP contribution in [0.1, 0.15) is 20.3 Å². The summed E-state index contributed by atoms with van der Waals surface area (Å²) in [5.41, 5.74) is -1.22. The maximum Gasteiger partial charge on any atom is 0.418 e. The Hall–Kier alpha value is -1.89. The van der Waals surface area contributed by atoms with Gasteiger partial charge in [0, 0.05) is 50.5 Å². The summed E-state index contributed by atoms with van der Waals surface area (Å²) in [6.07, 6.45) is 9.46. The molecule has 1 saturated heterocycles. The van der Waals surface area contributed by atoms with Crippen molar-refractivity contribution in [1.82, 2.24) is 15.1 Å². The van der Waals surface area contributed by atoms with E-state index in [2.05, 4.69) is 23.4 Å². The summed E-state index contributed by atoms with van der Waals surface area (Å²) in [5.74, 6) is 0. The highest BCUT2D eigenvalue weighted by atomic mass is 16.6. The molecular formula is C20H31N3O3. The minimum absolute atomic E-state index is 0.432. The highest BCUT2D eigenvalue weighted by Gasteiger charge is 2.34. The number of carbonyl (C=O) groups is 1. The second-order valence-corrected chi connectivity index (χ2v) is 7.48. The van der Waals surface area contributed by atoms with Gasteiger partial charge in [-0.3, -0.25) is 9.80 Å². The lowest BCUT2D eigenvalue weighted by molar-refractivity contribution is -0.000892. The van der Waals surface area contributed by atoms with E-state index in [0.29, 0.717) is 13.0 Å². The predicted molar refractivity (Wildman–Crippen MR) is 103 cm³/mol. The second kappa shape index (κ2) is 8.66. The van der Waals surface area contributed by atoms with Crippen molar-refractivity contribution in [2.24, 2.45) is 5.41 Å². The van der Waals surface area contributed by atoms with E-state index in [4.69, 9.17) is 4.74 Å². The van der Waals surface area contributed by atoms with Gasteiger partial charge in [-0.15, -0.1) is 13.2 Å². The van der Waals surface area contributed by atoms with Crippen molar-refractivity contribution < 1.29 is 14.6 Å². The SMILES string of the molecule is C=CCC1(C(O)C=C)C=CN(C(=O)OC(C)(C)CN2CCNCC2)C=C1. The van der Waals surface area contributed by atoms with Crippen LogP contribution < -0.4 is 5.32 Å². The molecule has 144 valence electrons. The second-order valence-electron chi connectivity index (χ2n) is 7.48. The van der Waals surface area contributed by atoms with Crippen LogP contribution in [-0.2, 0) is 4.74 Å². The molecule has 0 bridgehead atoms. The third-order valence-corrected chi connectivity index (χ3v) is 4.75. The fraction of sp³-hybridized carbons (Fsp3) is 0.550. The van der Waals surface area contributed by atoms with Gasteiger partial charge in [-0.1, -0.05) is 24.3 Å². The Bertz CT molecular complexity index is 563. The molecule has 1 unspecified atom stereocenters. The van der Waals surface area contributed by atoms with Gasteiger partial charge in [0.25, 0.3) is 0 Å². The topological polar surface area (TPSA) is 65.0 Å². The van der Waals surface area contributed by atoms with E-state index in [-0.39, 0.29) is 0 Å². The van der Waals surface area contributed by atoms with Crippen molar-refractivity contribution in [2.75, 3.05) is 32.7 Å². The third-order valence-electron chi connectivity index (χ3n) is 4.75. The van der Waals surface area contributed by atoms with Crippen molar-refractivity contribution in [3.8, 4) is 0 Å². The van der Waals surface area contributed by atoms with Gasteiger partial charge in [0.1, 0.15) is 5.60 Å². The lowest BCUT2D eigenvalue weighted by Gasteiger charge is -2.37.